The Morgan fingerprint density at radius 2 is 0.844 bits per heavy atom. The monoisotopic (exact) mass is 530 g/mol. The molecule has 0 spiro atoms. The van der Waals surface area contributed by atoms with Gasteiger partial charge in [-0.1, -0.05) is 37.1 Å². The minimum Gasteiger partial charge on any atom is -0.396 e. The van der Waals surface area contributed by atoms with Crippen molar-refractivity contribution in [3.63, 3.8) is 0 Å². The summed E-state index contributed by atoms with van der Waals surface area (Å²) in [6.07, 6.45) is 11.1. The lowest BCUT2D eigenvalue weighted by Gasteiger charge is -2.45. The first-order valence-corrected chi connectivity index (χ1v) is 25.9. The van der Waals surface area contributed by atoms with Crippen LogP contribution in [-0.2, 0) is 16.5 Å². The second-order valence-corrected chi connectivity index (χ2v) is 31.0. The van der Waals surface area contributed by atoms with Gasteiger partial charge in [-0.3, -0.25) is 0 Å². The van der Waals surface area contributed by atoms with Crippen molar-refractivity contribution < 1.29 is 16.5 Å². The molecule has 9 heteroatoms. The van der Waals surface area contributed by atoms with Crippen molar-refractivity contribution in [2.24, 2.45) is 0 Å². The van der Waals surface area contributed by atoms with E-state index in [9.17, 15) is 0 Å². The van der Waals surface area contributed by atoms with Gasteiger partial charge in [-0.25, -0.2) is 0 Å². The maximum Gasteiger partial charge on any atom is 0.637 e. The van der Waals surface area contributed by atoms with Gasteiger partial charge in [-0.15, -0.1) is 26.3 Å². The molecule has 0 atom stereocenters. The average molecular weight is 531 g/mol. The zero-order valence-electron chi connectivity index (χ0n) is 22.2. The molecule has 0 amide bonds. The first-order valence-electron chi connectivity index (χ1n) is 11.8. The molecule has 4 nitrogen and oxygen atoms in total. The Kier molecular flexibility index (Phi) is 13.6. The third-order valence-electron chi connectivity index (χ3n) is 4.95. The van der Waals surface area contributed by atoms with Gasteiger partial charge < -0.3 is 16.5 Å². The third kappa shape index (κ3) is 13.6. The summed E-state index contributed by atoms with van der Waals surface area (Å²) in [5.74, 6) is 0. The maximum atomic E-state index is 7.04. The van der Waals surface area contributed by atoms with Crippen LogP contribution in [-0.4, -0.2) is 42.3 Å². The lowest BCUT2D eigenvalue weighted by Crippen LogP contribution is -2.66. The number of hydrogen-bond donors (Lipinski definition) is 0. The maximum absolute atomic E-state index is 7.04. The second kappa shape index (κ2) is 13.7. The van der Waals surface area contributed by atoms with Gasteiger partial charge in [0.15, 0.2) is 33.3 Å². The van der Waals surface area contributed by atoms with Gasteiger partial charge in [0.1, 0.15) is 0 Å². The van der Waals surface area contributed by atoms with Crippen molar-refractivity contribution in [2.45, 2.75) is 95.8 Å². The van der Waals surface area contributed by atoms with Gasteiger partial charge in [0.25, 0.3) is 0 Å². The average Bonchev–Trinajstić information content (AvgIpc) is 2.55. The highest BCUT2D eigenvalue weighted by molar-refractivity contribution is 6.92. The first-order chi connectivity index (χ1) is 14.6. The van der Waals surface area contributed by atoms with Crippen LogP contribution in [0, 0.1) is 0 Å². The SMILES string of the molecule is C=CCCCC[Si](C)(C)O[Si](O[Si](C)(C)CC=C)(O[Si](C)(C)CC=C)O[Si](C)(C)CC=C. The fourth-order valence-corrected chi connectivity index (χ4v) is 22.2. The summed E-state index contributed by atoms with van der Waals surface area (Å²) in [5, 5.41) is 0. The summed E-state index contributed by atoms with van der Waals surface area (Å²) in [6.45, 7) is 33.5. The second-order valence-electron chi connectivity index (χ2n) is 11.0. The molecule has 0 unspecified atom stereocenters. The molecule has 0 aromatic heterocycles. The van der Waals surface area contributed by atoms with Gasteiger partial charge in [-0.05, 0) is 83.0 Å². The van der Waals surface area contributed by atoms with E-state index in [4.69, 9.17) is 16.5 Å². The van der Waals surface area contributed by atoms with E-state index < -0.39 is 42.3 Å². The van der Waals surface area contributed by atoms with Crippen LogP contribution in [0.1, 0.15) is 19.3 Å². The smallest absolute Gasteiger partial charge is 0.396 e. The van der Waals surface area contributed by atoms with Crippen LogP contribution >= 0.6 is 0 Å². The van der Waals surface area contributed by atoms with E-state index in [1.54, 1.807) is 0 Å². The molecular weight excluding hydrogens is 481 g/mol. The summed E-state index contributed by atoms with van der Waals surface area (Å²) in [4.78, 5) is 0. The van der Waals surface area contributed by atoms with Crippen molar-refractivity contribution in [2.75, 3.05) is 0 Å². The zero-order chi connectivity index (χ0) is 25.1. The summed E-state index contributed by atoms with van der Waals surface area (Å²) >= 11 is 0. The van der Waals surface area contributed by atoms with Crippen LogP contribution in [0.15, 0.2) is 50.6 Å². The van der Waals surface area contributed by atoms with Crippen LogP contribution < -0.4 is 0 Å². The van der Waals surface area contributed by atoms with E-state index in [0.29, 0.717) is 0 Å². The first kappa shape index (κ1) is 31.9. The molecule has 32 heavy (non-hydrogen) atoms. The predicted octanol–water partition coefficient (Wildman–Crippen LogP) is 8.22. The molecule has 0 saturated heterocycles. The van der Waals surface area contributed by atoms with Gasteiger partial charge in [0.2, 0.25) is 0 Å². The minimum atomic E-state index is -3.43. The molecule has 0 fully saturated rings. The van der Waals surface area contributed by atoms with Gasteiger partial charge >= 0.3 is 9.05 Å². The van der Waals surface area contributed by atoms with Crippen molar-refractivity contribution in [1.82, 2.24) is 0 Å². The van der Waals surface area contributed by atoms with Crippen molar-refractivity contribution >= 4 is 42.3 Å². The van der Waals surface area contributed by atoms with E-state index >= 15 is 0 Å². The Balaban J connectivity index is 6.29. The largest absolute Gasteiger partial charge is 0.637 e. The standard InChI is InChI=1S/C23H50O4Si5/c1-13-17-18-19-23-31(11,12)27-32(24-28(5,6)20-14-2,25-29(7,8)21-15-3)26-30(9,10)22-16-4/h13-16H,1-4,17-23H2,5-12H3. The molecule has 0 N–H and O–H groups in total. The molecule has 0 rings (SSSR count). The molecular formula is C23H50O4Si5. The fraction of sp³-hybridized carbons (Fsp3) is 0.652. The van der Waals surface area contributed by atoms with Crippen molar-refractivity contribution in [3.8, 4) is 0 Å². The Morgan fingerprint density at radius 1 is 0.500 bits per heavy atom. The quantitative estimate of drug-likeness (QED) is 0.0957. The molecule has 0 aliphatic carbocycles. The summed E-state index contributed by atoms with van der Waals surface area (Å²) < 4.78 is 27.9. The Hall–Kier alpha value is -0.116. The van der Waals surface area contributed by atoms with Gasteiger partial charge in [0, 0.05) is 0 Å². The van der Waals surface area contributed by atoms with Crippen LogP contribution in [0.3, 0.4) is 0 Å². The lowest BCUT2D eigenvalue weighted by atomic mass is 10.2. The molecule has 0 aromatic rings. The van der Waals surface area contributed by atoms with E-state index in [1.165, 1.54) is 0 Å². The van der Waals surface area contributed by atoms with Gasteiger partial charge in [0.05, 0.1) is 0 Å². The van der Waals surface area contributed by atoms with E-state index in [-0.39, 0.29) is 0 Å². The van der Waals surface area contributed by atoms with Crippen molar-refractivity contribution in [3.05, 3.63) is 50.6 Å². The van der Waals surface area contributed by atoms with Crippen LogP contribution in [0.25, 0.3) is 0 Å². The zero-order valence-corrected chi connectivity index (χ0v) is 27.2. The highest BCUT2D eigenvalue weighted by atomic mass is 28.5. The molecule has 0 aromatic carbocycles. The third-order valence-corrected chi connectivity index (χ3v) is 23.2. The summed E-state index contributed by atoms with van der Waals surface area (Å²) in [5.41, 5.74) is 0. The number of allylic oxidation sites excluding steroid dienone is 4. The van der Waals surface area contributed by atoms with Crippen LogP contribution in [0.2, 0.25) is 76.6 Å². The molecule has 0 bridgehead atoms. The molecule has 0 aliphatic rings. The molecule has 0 radical (unpaired) electrons. The Labute approximate surface area is 204 Å². The predicted molar refractivity (Wildman–Crippen MR) is 154 cm³/mol. The minimum absolute atomic E-state index is 0.825. The van der Waals surface area contributed by atoms with E-state index in [2.05, 4.69) is 78.7 Å². The molecule has 0 saturated carbocycles. The number of rotatable bonds is 19. The molecule has 0 aliphatic heterocycles. The topological polar surface area (TPSA) is 36.9 Å². The highest BCUT2D eigenvalue weighted by Gasteiger charge is 2.57. The fourth-order valence-electron chi connectivity index (χ4n) is 3.54. The van der Waals surface area contributed by atoms with Crippen molar-refractivity contribution in [1.29, 1.82) is 0 Å². The van der Waals surface area contributed by atoms with Crippen LogP contribution in [0.4, 0.5) is 0 Å². The molecule has 0 heterocycles. The summed E-state index contributed by atoms with van der Waals surface area (Å²) in [6, 6.07) is 3.52. The molecule has 186 valence electrons. The number of unbranched alkanes of at least 4 members (excludes halogenated alkanes) is 2. The lowest BCUT2D eigenvalue weighted by molar-refractivity contribution is 0.146. The Morgan fingerprint density at radius 3 is 1.16 bits per heavy atom. The van der Waals surface area contributed by atoms with Crippen LogP contribution in [0.5, 0.6) is 0 Å². The summed E-state index contributed by atoms with van der Waals surface area (Å²) in [7, 11) is -12.0. The number of hydrogen-bond acceptors (Lipinski definition) is 4. The van der Waals surface area contributed by atoms with E-state index in [0.717, 1.165) is 43.4 Å². The van der Waals surface area contributed by atoms with Gasteiger partial charge in [-0.2, -0.15) is 0 Å². The van der Waals surface area contributed by atoms with E-state index in [1.807, 2.05) is 24.3 Å². The highest BCUT2D eigenvalue weighted by Crippen LogP contribution is 2.34. The normalized spacial score (nSPS) is 13.6. The Bertz CT molecular complexity index is 558.